The maximum Gasteiger partial charge on any atom is 0.233 e. The number of fused-ring (bicyclic) bond motifs is 1. The van der Waals surface area contributed by atoms with Crippen LogP contribution < -0.4 is 0 Å². The lowest BCUT2D eigenvalue weighted by molar-refractivity contribution is -0.135. The lowest BCUT2D eigenvalue weighted by atomic mass is 9.91. The highest BCUT2D eigenvalue weighted by molar-refractivity contribution is 5.91. The minimum atomic E-state index is -0.269. The van der Waals surface area contributed by atoms with Gasteiger partial charge >= 0.3 is 0 Å². The average Bonchev–Trinajstić information content (AvgIpc) is 3.25. The monoisotopic (exact) mass is 419 g/mol. The summed E-state index contributed by atoms with van der Waals surface area (Å²) in [7, 11) is 0. The van der Waals surface area contributed by atoms with Crippen LogP contribution in [0.15, 0.2) is 30.3 Å². The number of amides is 1. The molecule has 0 radical (unpaired) electrons. The van der Waals surface area contributed by atoms with Gasteiger partial charge in [0, 0.05) is 38.1 Å². The molecular formula is C25H33N5O. The number of rotatable bonds is 4. The van der Waals surface area contributed by atoms with Crippen LogP contribution in [0, 0.1) is 0 Å². The largest absolute Gasteiger partial charge is 0.341 e. The highest BCUT2D eigenvalue weighted by atomic mass is 16.2. The maximum absolute atomic E-state index is 13.6. The van der Waals surface area contributed by atoms with E-state index in [1.54, 1.807) is 0 Å². The summed E-state index contributed by atoms with van der Waals surface area (Å²) in [6.45, 7) is 4.70. The summed E-state index contributed by atoms with van der Waals surface area (Å²) < 4.78 is 2.37. The van der Waals surface area contributed by atoms with E-state index in [0.29, 0.717) is 11.8 Å². The van der Waals surface area contributed by atoms with E-state index < -0.39 is 0 Å². The summed E-state index contributed by atoms with van der Waals surface area (Å²) in [5.41, 5.74) is 0.920. The van der Waals surface area contributed by atoms with Crippen molar-refractivity contribution >= 4 is 5.91 Å². The second kappa shape index (κ2) is 7.73. The molecule has 0 spiro atoms. The van der Waals surface area contributed by atoms with Gasteiger partial charge in [-0.2, -0.15) is 0 Å². The number of nitrogens with zero attached hydrogens (tertiary/aromatic N) is 5. The Morgan fingerprint density at radius 2 is 1.74 bits per heavy atom. The van der Waals surface area contributed by atoms with Gasteiger partial charge in [0.15, 0.2) is 0 Å². The van der Waals surface area contributed by atoms with Crippen molar-refractivity contribution in [3.63, 3.8) is 0 Å². The Hall–Kier alpha value is -2.21. The number of piperidine rings is 1. The Morgan fingerprint density at radius 1 is 0.935 bits per heavy atom. The molecule has 6 heteroatoms. The molecule has 2 aliphatic heterocycles. The fraction of sp³-hybridized carbons (Fsp3) is 0.640. The number of likely N-dealkylation sites (tertiary alicyclic amines) is 1. The molecule has 0 bridgehead atoms. The topological polar surface area (TPSA) is 54.3 Å². The molecule has 2 saturated carbocycles. The van der Waals surface area contributed by atoms with Gasteiger partial charge in [0.25, 0.3) is 0 Å². The first-order valence-corrected chi connectivity index (χ1v) is 12.3. The normalized spacial score (nSPS) is 26.1. The molecule has 6 rings (SSSR count). The van der Waals surface area contributed by atoms with E-state index in [4.69, 9.17) is 0 Å². The predicted molar refractivity (Wildman–Crippen MR) is 119 cm³/mol. The zero-order valence-electron chi connectivity index (χ0n) is 18.4. The fourth-order valence-electron chi connectivity index (χ4n) is 6.27. The molecule has 4 aliphatic rings. The lowest BCUT2D eigenvalue weighted by Gasteiger charge is -2.36. The van der Waals surface area contributed by atoms with Gasteiger partial charge in [-0.25, -0.2) is 0 Å². The molecule has 0 N–H and O–H groups in total. The summed E-state index contributed by atoms with van der Waals surface area (Å²) in [5.74, 6) is 2.88. The SMILES string of the molecule is O=C(N1CCCC(c2nnc3n2CCN(C2CCCC2)C3)C1)C1(c2ccccc2)CC1. The number of carbonyl (C=O) groups is 1. The molecule has 2 aromatic rings. The number of aromatic nitrogens is 3. The van der Waals surface area contributed by atoms with Crippen molar-refractivity contribution in [2.75, 3.05) is 19.6 Å². The van der Waals surface area contributed by atoms with Crippen LogP contribution in [0.25, 0.3) is 0 Å². The third-order valence-corrected chi connectivity index (χ3v) is 8.21. The van der Waals surface area contributed by atoms with E-state index in [1.165, 1.54) is 31.2 Å². The van der Waals surface area contributed by atoms with Crippen molar-refractivity contribution < 1.29 is 4.79 Å². The molecule has 3 fully saturated rings. The molecule has 1 saturated heterocycles. The van der Waals surface area contributed by atoms with Crippen LogP contribution in [-0.4, -0.2) is 56.1 Å². The molecule has 1 amide bonds. The van der Waals surface area contributed by atoms with Gasteiger partial charge in [-0.15, -0.1) is 10.2 Å². The van der Waals surface area contributed by atoms with Crippen molar-refractivity contribution in [1.82, 2.24) is 24.6 Å². The van der Waals surface area contributed by atoms with Crippen LogP contribution in [-0.2, 0) is 23.3 Å². The standard InChI is InChI=1S/C25H33N5O/c31-24(25(12-13-25)20-8-2-1-3-9-20)29-14-6-7-19(17-29)23-27-26-22-18-28(15-16-30(22)23)21-10-4-5-11-21/h1-3,8-9,19,21H,4-7,10-18H2. The highest BCUT2D eigenvalue weighted by Crippen LogP contribution is 2.50. The van der Waals surface area contributed by atoms with E-state index in [-0.39, 0.29) is 5.41 Å². The summed E-state index contributed by atoms with van der Waals surface area (Å²) >= 11 is 0. The van der Waals surface area contributed by atoms with Crippen LogP contribution in [0.4, 0.5) is 0 Å². The Bertz CT molecular complexity index is 944. The van der Waals surface area contributed by atoms with E-state index in [0.717, 1.165) is 76.1 Å². The van der Waals surface area contributed by atoms with Crippen LogP contribution in [0.2, 0.25) is 0 Å². The van der Waals surface area contributed by atoms with Crippen LogP contribution in [0.3, 0.4) is 0 Å². The molecule has 3 heterocycles. The molecule has 6 nitrogen and oxygen atoms in total. The van der Waals surface area contributed by atoms with E-state index >= 15 is 0 Å². The maximum atomic E-state index is 13.6. The number of benzene rings is 1. The third-order valence-electron chi connectivity index (χ3n) is 8.21. The average molecular weight is 420 g/mol. The number of hydrogen-bond acceptors (Lipinski definition) is 4. The summed E-state index contributed by atoms with van der Waals surface area (Å²) in [6, 6.07) is 11.1. The van der Waals surface area contributed by atoms with Gasteiger partial charge in [0.2, 0.25) is 5.91 Å². The first-order valence-electron chi connectivity index (χ1n) is 12.3. The number of hydrogen-bond donors (Lipinski definition) is 0. The molecule has 1 atom stereocenters. The molecule has 31 heavy (non-hydrogen) atoms. The molecule has 1 aromatic heterocycles. The van der Waals surface area contributed by atoms with Crippen LogP contribution >= 0.6 is 0 Å². The fourth-order valence-corrected chi connectivity index (χ4v) is 6.27. The molecule has 2 aliphatic carbocycles. The van der Waals surface area contributed by atoms with E-state index in [9.17, 15) is 4.79 Å². The van der Waals surface area contributed by atoms with Gasteiger partial charge in [-0.1, -0.05) is 43.2 Å². The lowest BCUT2D eigenvalue weighted by Crippen LogP contribution is -2.45. The van der Waals surface area contributed by atoms with Gasteiger partial charge in [-0.3, -0.25) is 9.69 Å². The Balaban J connectivity index is 1.17. The third kappa shape index (κ3) is 3.39. The van der Waals surface area contributed by atoms with Crippen molar-refractivity contribution in [3.05, 3.63) is 47.5 Å². The Morgan fingerprint density at radius 3 is 2.52 bits per heavy atom. The Kier molecular flexibility index (Phi) is 4.86. The van der Waals surface area contributed by atoms with E-state index in [2.05, 4.69) is 48.8 Å². The molecule has 164 valence electrons. The van der Waals surface area contributed by atoms with Gasteiger partial charge < -0.3 is 9.47 Å². The molecular weight excluding hydrogens is 386 g/mol. The zero-order chi connectivity index (χ0) is 20.8. The number of carbonyl (C=O) groups excluding carboxylic acids is 1. The van der Waals surface area contributed by atoms with Crippen molar-refractivity contribution in [2.45, 2.75) is 81.8 Å². The minimum Gasteiger partial charge on any atom is -0.341 e. The van der Waals surface area contributed by atoms with Crippen molar-refractivity contribution in [2.24, 2.45) is 0 Å². The summed E-state index contributed by atoms with van der Waals surface area (Å²) in [4.78, 5) is 18.3. The molecule has 1 unspecified atom stereocenters. The van der Waals surface area contributed by atoms with E-state index in [1.807, 2.05) is 6.07 Å². The Labute approximate surface area is 184 Å². The second-order valence-corrected chi connectivity index (χ2v) is 10.1. The smallest absolute Gasteiger partial charge is 0.233 e. The quantitative estimate of drug-likeness (QED) is 0.761. The van der Waals surface area contributed by atoms with Gasteiger partial charge in [0.1, 0.15) is 11.6 Å². The van der Waals surface area contributed by atoms with Gasteiger partial charge in [-0.05, 0) is 44.1 Å². The molecule has 1 aromatic carbocycles. The second-order valence-electron chi connectivity index (χ2n) is 10.1. The van der Waals surface area contributed by atoms with Gasteiger partial charge in [0.05, 0.1) is 12.0 Å². The van der Waals surface area contributed by atoms with Crippen LogP contribution in [0.1, 0.15) is 74.5 Å². The minimum absolute atomic E-state index is 0.269. The summed E-state index contributed by atoms with van der Waals surface area (Å²) in [6.07, 6.45) is 9.53. The van der Waals surface area contributed by atoms with Crippen LogP contribution in [0.5, 0.6) is 0 Å². The predicted octanol–water partition coefficient (Wildman–Crippen LogP) is 3.47. The van der Waals surface area contributed by atoms with Crippen molar-refractivity contribution in [3.8, 4) is 0 Å². The zero-order valence-corrected chi connectivity index (χ0v) is 18.4. The van der Waals surface area contributed by atoms with Crippen molar-refractivity contribution in [1.29, 1.82) is 0 Å². The first kappa shape index (κ1) is 19.5. The highest BCUT2D eigenvalue weighted by Gasteiger charge is 2.53. The first-order chi connectivity index (χ1) is 15.2. The summed E-state index contributed by atoms with van der Waals surface area (Å²) in [5, 5.41) is 9.26.